The highest BCUT2D eigenvalue weighted by atomic mass is 16.5. The molecular formula is C16H23N3O4. The molecular weight excluding hydrogens is 298 g/mol. The van der Waals surface area contributed by atoms with Crippen molar-refractivity contribution in [1.29, 1.82) is 0 Å². The van der Waals surface area contributed by atoms with Gasteiger partial charge in [0.1, 0.15) is 0 Å². The molecule has 0 atom stereocenters. The lowest BCUT2D eigenvalue weighted by Crippen LogP contribution is -2.41. The van der Waals surface area contributed by atoms with E-state index < -0.39 is 0 Å². The molecule has 1 aromatic rings. The highest BCUT2D eigenvalue weighted by Crippen LogP contribution is 2.05. The lowest BCUT2D eigenvalue weighted by Gasteiger charge is -2.26. The number of carbonyl (C=O) groups is 2. The molecule has 0 saturated carbocycles. The number of pyridine rings is 1. The van der Waals surface area contributed by atoms with Crippen molar-refractivity contribution < 1.29 is 14.3 Å². The van der Waals surface area contributed by atoms with Crippen molar-refractivity contribution in [2.45, 2.75) is 33.2 Å². The van der Waals surface area contributed by atoms with Crippen molar-refractivity contribution in [3.05, 3.63) is 33.2 Å². The maximum Gasteiger partial charge on any atom is 0.253 e. The SMILES string of the molecule is Cc1cc(C)c(CNC(=O)CCC(=O)N2CCOCC2)c(=O)[nH]1. The summed E-state index contributed by atoms with van der Waals surface area (Å²) < 4.78 is 5.19. The molecule has 1 aromatic heterocycles. The Morgan fingerprint density at radius 1 is 1.26 bits per heavy atom. The first-order chi connectivity index (χ1) is 11.0. The molecule has 2 N–H and O–H groups in total. The van der Waals surface area contributed by atoms with Gasteiger partial charge >= 0.3 is 0 Å². The molecule has 0 unspecified atom stereocenters. The normalized spacial score (nSPS) is 14.6. The van der Waals surface area contributed by atoms with Gasteiger partial charge in [0, 0.05) is 43.7 Å². The number of hydrogen-bond acceptors (Lipinski definition) is 4. The van der Waals surface area contributed by atoms with Crippen molar-refractivity contribution in [3.8, 4) is 0 Å². The van der Waals surface area contributed by atoms with Gasteiger partial charge in [-0.05, 0) is 25.5 Å². The van der Waals surface area contributed by atoms with Crippen molar-refractivity contribution >= 4 is 11.8 Å². The smallest absolute Gasteiger partial charge is 0.253 e. The molecule has 2 rings (SSSR count). The van der Waals surface area contributed by atoms with Gasteiger partial charge in [0.25, 0.3) is 5.56 Å². The molecule has 7 heteroatoms. The van der Waals surface area contributed by atoms with Gasteiger partial charge in [-0.2, -0.15) is 0 Å². The number of aromatic nitrogens is 1. The Morgan fingerprint density at radius 3 is 2.61 bits per heavy atom. The maximum atomic E-state index is 12.0. The van der Waals surface area contributed by atoms with Crippen LogP contribution in [0.4, 0.5) is 0 Å². The molecule has 1 fully saturated rings. The first kappa shape index (κ1) is 17.2. The van der Waals surface area contributed by atoms with E-state index in [0.717, 1.165) is 11.3 Å². The fourth-order valence-electron chi connectivity index (χ4n) is 2.57. The standard InChI is InChI=1S/C16H23N3O4/c1-11-9-12(2)18-16(22)13(11)10-17-14(20)3-4-15(21)19-5-7-23-8-6-19/h9H,3-8,10H2,1-2H3,(H,17,20)(H,18,22). The highest BCUT2D eigenvalue weighted by Gasteiger charge is 2.17. The van der Waals surface area contributed by atoms with E-state index >= 15 is 0 Å². The topological polar surface area (TPSA) is 91.5 Å². The molecule has 2 amide bonds. The number of carbonyl (C=O) groups excluding carboxylic acids is 2. The molecule has 1 aliphatic rings. The maximum absolute atomic E-state index is 12.0. The second kappa shape index (κ2) is 7.92. The molecule has 0 aliphatic carbocycles. The summed E-state index contributed by atoms with van der Waals surface area (Å²) in [6.45, 7) is 6.09. The van der Waals surface area contributed by atoms with Crippen molar-refractivity contribution in [1.82, 2.24) is 15.2 Å². The monoisotopic (exact) mass is 321 g/mol. The van der Waals surface area contributed by atoms with E-state index in [1.54, 1.807) is 4.90 Å². The van der Waals surface area contributed by atoms with Gasteiger partial charge in [-0.15, -0.1) is 0 Å². The van der Waals surface area contributed by atoms with Crippen LogP contribution in [0.2, 0.25) is 0 Å². The predicted octanol–water partition coefficient (Wildman–Crippen LogP) is 0.247. The molecule has 0 spiro atoms. The van der Waals surface area contributed by atoms with Crippen LogP contribution in [0.15, 0.2) is 10.9 Å². The molecule has 0 radical (unpaired) electrons. The van der Waals surface area contributed by atoms with Crippen LogP contribution in [-0.2, 0) is 20.9 Å². The Labute approximate surface area is 135 Å². The highest BCUT2D eigenvalue weighted by molar-refractivity contribution is 5.83. The quantitative estimate of drug-likeness (QED) is 0.813. The molecule has 1 aliphatic heterocycles. The van der Waals surface area contributed by atoms with Crippen LogP contribution in [-0.4, -0.2) is 48.0 Å². The number of hydrogen-bond donors (Lipinski definition) is 2. The van der Waals surface area contributed by atoms with Gasteiger partial charge in [-0.3, -0.25) is 14.4 Å². The summed E-state index contributed by atoms with van der Waals surface area (Å²) in [6, 6.07) is 1.87. The van der Waals surface area contributed by atoms with E-state index in [0.29, 0.717) is 31.9 Å². The Bertz CT molecular complexity index is 633. The third kappa shape index (κ3) is 4.92. The van der Waals surface area contributed by atoms with E-state index in [2.05, 4.69) is 10.3 Å². The minimum atomic E-state index is -0.231. The second-order valence-electron chi connectivity index (χ2n) is 5.71. The van der Waals surface area contributed by atoms with Crippen molar-refractivity contribution in [2.24, 2.45) is 0 Å². The van der Waals surface area contributed by atoms with Gasteiger partial charge in [0.15, 0.2) is 0 Å². The average Bonchev–Trinajstić information content (AvgIpc) is 2.52. The van der Waals surface area contributed by atoms with E-state index in [4.69, 9.17) is 4.74 Å². The Kier molecular flexibility index (Phi) is 5.92. The summed E-state index contributed by atoms with van der Waals surface area (Å²) in [5, 5.41) is 2.70. The van der Waals surface area contributed by atoms with Crippen molar-refractivity contribution in [2.75, 3.05) is 26.3 Å². The minimum absolute atomic E-state index is 0.0344. The Hall–Kier alpha value is -2.15. The first-order valence-corrected chi connectivity index (χ1v) is 7.79. The molecule has 2 heterocycles. The number of morpholine rings is 1. The lowest BCUT2D eigenvalue weighted by molar-refractivity contribution is -0.137. The van der Waals surface area contributed by atoms with Crippen molar-refractivity contribution in [3.63, 3.8) is 0 Å². The van der Waals surface area contributed by atoms with Gasteiger partial charge in [0.05, 0.1) is 13.2 Å². The lowest BCUT2D eigenvalue weighted by atomic mass is 10.1. The van der Waals surface area contributed by atoms with Crippen LogP contribution in [0, 0.1) is 13.8 Å². The molecule has 1 saturated heterocycles. The van der Waals surface area contributed by atoms with Gasteiger partial charge < -0.3 is 19.9 Å². The summed E-state index contributed by atoms with van der Waals surface area (Å²) in [4.78, 5) is 40.1. The summed E-state index contributed by atoms with van der Waals surface area (Å²) in [6.07, 6.45) is 0.300. The summed E-state index contributed by atoms with van der Waals surface area (Å²) >= 11 is 0. The van der Waals surface area contributed by atoms with Crippen LogP contribution in [0.5, 0.6) is 0 Å². The zero-order valence-electron chi connectivity index (χ0n) is 13.6. The number of nitrogens with zero attached hydrogens (tertiary/aromatic N) is 1. The third-order valence-corrected chi connectivity index (χ3v) is 3.89. The Morgan fingerprint density at radius 2 is 1.96 bits per heavy atom. The predicted molar refractivity (Wildman–Crippen MR) is 85.0 cm³/mol. The van der Waals surface area contributed by atoms with E-state index in [1.807, 2.05) is 19.9 Å². The van der Waals surface area contributed by atoms with Crippen LogP contribution >= 0.6 is 0 Å². The largest absolute Gasteiger partial charge is 0.378 e. The van der Waals surface area contributed by atoms with Crippen LogP contribution < -0.4 is 10.9 Å². The summed E-state index contributed by atoms with van der Waals surface area (Å²) in [5.74, 6) is -0.265. The first-order valence-electron chi connectivity index (χ1n) is 7.79. The zero-order valence-corrected chi connectivity index (χ0v) is 13.6. The molecule has 0 aromatic carbocycles. The third-order valence-electron chi connectivity index (χ3n) is 3.89. The number of rotatable bonds is 5. The van der Waals surface area contributed by atoms with E-state index in [1.165, 1.54) is 0 Å². The molecule has 23 heavy (non-hydrogen) atoms. The fourth-order valence-corrected chi connectivity index (χ4v) is 2.57. The van der Waals surface area contributed by atoms with Crippen LogP contribution in [0.25, 0.3) is 0 Å². The Balaban J connectivity index is 1.79. The number of aryl methyl sites for hydroxylation is 2. The molecule has 7 nitrogen and oxygen atoms in total. The van der Waals surface area contributed by atoms with E-state index in [-0.39, 0.29) is 36.8 Å². The van der Waals surface area contributed by atoms with Gasteiger partial charge in [0.2, 0.25) is 11.8 Å². The van der Waals surface area contributed by atoms with Gasteiger partial charge in [-0.1, -0.05) is 0 Å². The molecule has 126 valence electrons. The number of ether oxygens (including phenoxy) is 1. The van der Waals surface area contributed by atoms with E-state index in [9.17, 15) is 14.4 Å². The average molecular weight is 321 g/mol. The number of aromatic amines is 1. The van der Waals surface area contributed by atoms with Crippen LogP contribution in [0.1, 0.15) is 29.7 Å². The minimum Gasteiger partial charge on any atom is -0.378 e. The fraction of sp³-hybridized carbons (Fsp3) is 0.562. The number of amides is 2. The molecule has 0 bridgehead atoms. The zero-order chi connectivity index (χ0) is 16.8. The number of nitrogens with one attached hydrogen (secondary N) is 2. The second-order valence-corrected chi connectivity index (χ2v) is 5.71. The summed E-state index contributed by atoms with van der Waals surface area (Å²) in [7, 11) is 0. The summed E-state index contributed by atoms with van der Waals surface area (Å²) in [5.41, 5.74) is 1.99. The number of H-pyrrole nitrogens is 1. The van der Waals surface area contributed by atoms with Gasteiger partial charge in [-0.25, -0.2) is 0 Å². The van der Waals surface area contributed by atoms with Crippen LogP contribution in [0.3, 0.4) is 0 Å².